The van der Waals surface area contributed by atoms with Gasteiger partial charge in [0.2, 0.25) is 0 Å². The van der Waals surface area contributed by atoms with E-state index in [1.54, 1.807) is 12.1 Å². The number of nitriles is 1. The second-order valence-electron chi connectivity index (χ2n) is 4.95. The molecule has 1 fully saturated rings. The summed E-state index contributed by atoms with van der Waals surface area (Å²) >= 11 is 0. The molecular formula is C15H17FN2O. The fourth-order valence-electron chi connectivity index (χ4n) is 2.14. The van der Waals surface area contributed by atoms with E-state index in [0.717, 1.165) is 18.4 Å². The molecule has 0 heterocycles. The van der Waals surface area contributed by atoms with Crippen molar-refractivity contribution in [2.75, 3.05) is 13.1 Å². The Morgan fingerprint density at radius 3 is 2.63 bits per heavy atom. The van der Waals surface area contributed by atoms with Gasteiger partial charge in [-0.3, -0.25) is 9.69 Å². The molecule has 2 rings (SSSR count). The number of hydrogen-bond donors (Lipinski definition) is 0. The van der Waals surface area contributed by atoms with Crippen molar-refractivity contribution in [3.05, 3.63) is 35.6 Å². The molecule has 0 N–H and O–H groups in total. The van der Waals surface area contributed by atoms with Gasteiger partial charge in [-0.2, -0.15) is 5.26 Å². The largest absolute Gasteiger partial charge is 0.298 e. The van der Waals surface area contributed by atoms with Crippen LogP contribution in [-0.4, -0.2) is 29.8 Å². The molecule has 1 aromatic rings. The molecule has 1 aromatic carbocycles. The number of carbonyl (C=O) groups is 1. The summed E-state index contributed by atoms with van der Waals surface area (Å²) in [4.78, 5) is 14.1. The third-order valence-corrected chi connectivity index (χ3v) is 3.27. The van der Waals surface area contributed by atoms with Crippen LogP contribution in [0.5, 0.6) is 0 Å². The topological polar surface area (TPSA) is 44.1 Å². The summed E-state index contributed by atoms with van der Waals surface area (Å²) in [6.45, 7) is 1.06. The molecule has 100 valence electrons. The minimum Gasteiger partial charge on any atom is -0.298 e. The van der Waals surface area contributed by atoms with Crippen molar-refractivity contribution in [3.63, 3.8) is 0 Å². The highest BCUT2D eigenvalue weighted by atomic mass is 19.1. The van der Waals surface area contributed by atoms with Gasteiger partial charge >= 0.3 is 0 Å². The average molecular weight is 260 g/mol. The Labute approximate surface area is 112 Å². The lowest BCUT2D eigenvalue weighted by Gasteiger charge is -2.19. The van der Waals surface area contributed by atoms with Crippen molar-refractivity contribution in [1.82, 2.24) is 4.90 Å². The molecule has 0 amide bonds. The van der Waals surface area contributed by atoms with Gasteiger partial charge in [0.25, 0.3) is 0 Å². The third kappa shape index (κ3) is 4.46. The van der Waals surface area contributed by atoms with Gasteiger partial charge in [0.05, 0.1) is 12.6 Å². The van der Waals surface area contributed by atoms with Gasteiger partial charge in [-0.1, -0.05) is 12.1 Å². The summed E-state index contributed by atoms with van der Waals surface area (Å²) in [5.41, 5.74) is 0.836. The molecule has 1 aliphatic carbocycles. The number of nitrogens with zero attached hydrogens (tertiary/aromatic N) is 2. The van der Waals surface area contributed by atoms with Gasteiger partial charge < -0.3 is 0 Å². The van der Waals surface area contributed by atoms with Crippen molar-refractivity contribution in [2.45, 2.75) is 31.7 Å². The quantitative estimate of drug-likeness (QED) is 0.755. The molecule has 1 saturated carbocycles. The summed E-state index contributed by atoms with van der Waals surface area (Å²) in [7, 11) is 0. The second-order valence-corrected chi connectivity index (χ2v) is 4.95. The fourth-order valence-corrected chi connectivity index (χ4v) is 2.14. The number of hydrogen-bond acceptors (Lipinski definition) is 3. The number of benzene rings is 1. The van der Waals surface area contributed by atoms with Crippen LogP contribution in [0.2, 0.25) is 0 Å². The average Bonchev–Trinajstić information content (AvgIpc) is 3.21. The third-order valence-electron chi connectivity index (χ3n) is 3.27. The van der Waals surface area contributed by atoms with Crippen molar-refractivity contribution in [3.8, 4) is 6.07 Å². The van der Waals surface area contributed by atoms with E-state index in [4.69, 9.17) is 5.26 Å². The van der Waals surface area contributed by atoms with Crippen LogP contribution in [-0.2, 0) is 11.2 Å². The summed E-state index contributed by atoms with van der Waals surface area (Å²) in [5.74, 6) is -0.165. The van der Waals surface area contributed by atoms with Crippen LogP contribution in [0.15, 0.2) is 24.3 Å². The van der Waals surface area contributed by atoms with Gasteiger partial charge in [-0.25, -0.2) is 4.39 Å². The van der Waals surface area contributed by atoms with E-state index in [9.17, 15) is 9.18 Å². The maximum Gasteiger partial charge on any atom is 0.151 e. The van der Waals surface area contributed by atoms with Crippen LogP contribution >= 0.6 is 0 Å². The Morgan fingerprint density at radius 1 is 1.37 bits per heavy atom. The van der Waals surface area contributed by atoms with E-state index in [2.05, 4.69) is 11.0 Å². The zero-order valence-corrected chi connectivity index (χ0v) is 10.8. The predicted molar refractivity (Wildman–Crippen MR) is 69.9 cm³/mol. The van der Waals surface area contributed by atoms with Crippen molar-refractivity contribution >= 4 is 5.78 Å². The molecule has 0 atom stereocenters. The Hall–Kier alpha value is -1.73. The molecule has 0 bridgehead atoms. The molecule has 0 unspecified atom stereocenters. The monoisotopic (exact) mass is 260 g/mol. The van der Waals surface area contributed by atoms with Crippen LogP contribution in [0.4, 0.5) is 4.39 Å². The summed E-state index contributed by atoms with van der Waals surface area (Å²) in [6, 6.07) is 8.62. The minimum atomic E-state index is -0.287. The molecule has 1 aliphatic rings. The van der Waals surface area contributed by atoms with Crippen molar-refractivity contribution < 1.29 is 9.18 Å². The van der Waals surface area contributed by atoms with Gasteiger partial charge in [-0.15, -0.1) is 0 Å². The van der Waals surface area contributed by atoms with E-state index >= 15 is 0 Å². The van der Waals surface area contributed by atoms with E-state index in [-0.39, 0.29) is 11.6 Å². The first kappa shape index (κ1) is 13.7. The van der Waals surface area contributed by atoms with Crippen LogP contribution in [0.25, 0.3) is 0 Å². The van der Waals surface area contributed by atoms with Crippen LogP contribution in [0, 0.1) is 17.1 Å². The highest BCUT2D eigenvalue weighted by Gasteiger charge is 2.29. The first-order valence-corrected chi connectivity index (χ1v) is 6.56. The first-order chi connectivity index (χ1) is 9.19. The lowest BCUT2D eigenvalue weighted by Crippen LogP contribution is -2.33. The van der Waals surface area contributed by atoms with Gasteiger partial charge in [-0.05, 0) is 30.5 Å². The SMILES string of the molecule is N#CCCN(CC(=O)Cc1ccc(F)cc1)C1CC1. The molecule has 0 spiro atoms. The highest BCUT2D eigenvalue weighted by Crippen LogP contribution is 2.26. The number of halogens is 1. The van der Waals surface area contributed by atoms with E-state index in [1.165, 1.54) is 12.1 Å². The van der Waals surface area contributed by atoms with E-state index < -0.39 is 0 Å². The standard InChI is InChI=1S/C15H17FN2O/c16-13-4-2-12(3-5-13)10-15(19)11-18(9-1-8-17)14-6-7-14/h2-5,14H,1,6-7,9-11H2. The first-order valence-electron chi connectivity index (χ1n) is 6.56. The summed E-state index contributed by atoms with van der Waals surface area (Å²) in [6.07, 6.45) is 3.03. The Balaban J connectivity index is 1.85. The number of rotatable bonds is 7. The second kappa shape index (κ2) is 6.44. The minimum absolute atomic E-state index is 0.122. The number of ketones is 1. The fraction of sp³-hybridized carbons (Fsp3) is 0.467. The maximum atomic E-state index is 12.8. The lowest BCUT2D eigenvalue weighted by molar-refractivity contribution is -0.119. The molecule has 0 saturated heterocycles. The predicted octanol–water partition coefficient (Wildman–Crippen LogP) is 2.32. The molecule has 0 radical (unpaired) electrons. The van der Waals surface area contributed by atoms with Gasteiger partial charge in [0.1, 0.15) is 5.82 Å². The number of carbonyl (C=O) groups excluding carboxylic acids is 1. The van der Waals surface area contributed by atoms with Gasteiger partial charge in [0.15, 0.2) is 5.78 Å². The van der Waals surface area contributed by atoms with Crippen LogP contribution in [0.1, 0.15) is 24.8 Å². The Bertz CT molecular complexity index is 474. The molecule has 0 aromatic heterocycles. The maximum absolute atomic E-state index is 12.8. The zero-order valence-electron chi connectivity index (χ0n) is 10.8. The van der Waals surface area contributed by atoms with Crippen LogP contribution in [0.3, 0.4) is 0 Å². The Kier molecular flexibility index (Phi) is 4.64. The molecule has 3 nitrogen and oxygen atoms in total. The van der Waals surface area contributed by atoms with E-state index in [1.807, 2.05) is 0 Å². The molecular weight excluding hydrogens is 243 g/mol. The van der Waals surface area contributed by atoms with Crippen molar-refractivity contribution in [2.24, 2.45) is 0 Å². The number of Topliss-reactive ketones (excluding diaryl/α,β-unsaturated/α-hetero) is 1. The smallest absolute Gasteiger partial charge is 0.151 e. The lowest BCUT2D eigenvalue weighted by atomic mass is 10.1. The molecule has 19 heavy (non-hydrogen) atoms. The molecule has 4 heteroatoms. The normalized spacial score (nSPS) is 14.4. The van der Waals surface area contributed by atoms with Crippen molar-refractivity contribution in [1.29, 1.82) is 5.26 Å². The summed E-state index contributed by atoms with van der Waals surface area (Å²) in [5, 5.41) is 8.62. The molecule has 0 aliphatic heterocycles. The zero-order chi connectivity index (χ0) is 13.7. The highest BCUT2D eigenvalue weighted by molar-refractivity contribution is 5.82. The van der Waals surface area contributed by atoms with E-state index in [0.29, 0.717) is 32.0 Å². The van der Waals surface area contributed by atoms with Gasteiger partial charge in [0, 0.05) is 25.4 Å². The van der Waals surface area contributed by atoms with Crippen LogP contribution < -0.4 is 0 Å². The Morgan fingerprint density at radius 2 is 2.05 bits per heavy atom. The summed E-state index contributed by atoms with van der Waals surface area (Å²) < 4.78 is 12.8.